The molecule has 7 rings (SSSR count). The first kappa shape index (κ1) is 26.2. The number of methoxy groups -OCH3 is 2. The number of imidazole rings is 1. The smallest absolute Gasteiger partial charge is 0.183 e. The summed E-state index contributed by atoms with van der Waals surface area (Å²) in [6.07, 6.45) is 6.14. The predicted octanol–water partition coefficient (Wildman–Crippen LogP) is 4.84. The van der Waals surface area contributed by atoms with E-state index in [4.69, 9.17) is 29.3 Å². The highest BCUT2D eigenvalue weighted by Gasteiger charge is 2.36. The van der Waals surface area contributed by atoms with Crippen LogP contribution in [0.2, 0.25) is 0 Å². The zero-order valence-electron chi connectivity index (χ0n) is 22.0. The maximum Gasteiger partial charge on any atom is 0.183 e. The summed E-state index contributed by atoms with van der Waals surface area (Å²) < 4.78 is 24.3. The van der Waals surface area contributed by atoms with Crippen LogP contribution in [0.1, 0.15) is 61.6 Å². The standard InChI is InChI=1S/C24H27N5O3.C5H8O/c1-16(14-32-24(31-3)18-12-8-5-9-13-18)21-27-19-20(25)26-15-29(22(19)28-21)23(30-2)17-10-6-4-7-11-17;1-2-5-3-4(1)6-5/h4-13,15-16,23-25H,14H2,1-3H3,(H,27,28);4-5H,1-3H2. The molecule has 1 aliphatic carbocycles. The number of hydrogen-bond donors (Lipinski definition) is 2. The van der Waals surface area contributed by atoms with Gasteiger partial charge in [-0.05, 0) is 19.3 Å². The van der Waals surface area contributed by atoms with E-state index in [1.165, 1.54) is 19.3 Å². The second-order valence-electron chi connectivity index (χ2n) is 9.73. The van der Waals surface area contributed by atoms with E-state index in [2.05, 4.69) is 9.97 Å². The highest BCUT2D eigenvalue weighted by molar-refractivity contribution is 5.69. The maximum absolute atomic E-state index is 8.24. The zero-order valence-corrected chi connectivity index (χ0v) is 22.0. The number of H-pyrrole nitrogens is 1. The molecule has 2 bridgehead atoms. The van der Waals surface area contributed by atoms with Crippen LogP contribution in [0.3, 0.4) is 0 Å². The van der Waals surface area contributed by atoms with Crippen LogP contribution in [0.25, 0.3) is 11.2 Å². The average molecular weight is 518 g/mol. The van der Waals surface area contributed by atoms with E-state index < -0.39 is 12.5 Å². The molecule has 5 atom stereocenters. The fourth-order valence-corrected chi connectivity index (χ4v) is 4.93. The summed E-state index contributed by atoms with van der Waals surface area (Å²) in [6.45, 7) is 2.40. The number of hydrogen-bond acceptors (Lipinski definition) is 7. The number of ether oxygens (including phenoxy) is 4. The molecule has 2 aliphatic heterocycles. The molecule has 1 saturated carbocycles. The van der Waals surface area contributed by atoms with Gasteiger partial charge in [0.05, 0.1) is 18.8 Å². The van der Waals surface area contributed by atoms with Gasteiger partial charge in [0, 0.05) is 31.3 Å². The highest BCUT2D eigenvalue weighted by Crippen LogP contribution is 2.36. The third-order valence-corrected chi connectivity index (χ3v) is 7.03. The van der Waals surface area contributed by atoms with Gasteiger partial charge < -0.3 is 23.9 Å². The lowest BCUT2D eigenvalue weighted by Gasteiger charge is -2.23. The van der Waals surface area contributed by atoms with Crippen LogP contribution in [-0.4, -0.2) is 52.6 Å². The molecule has 2 aromatic carbocycles. The number of benzene rings is 2. The topological polar surface area (TPSA) is 107 Å². The minimum atomic E-state index is -0.461. The maximum atomic E-state index is 8.24. The normalized spacial score (nSPS) is 20.3. The van der Waals surface area contributed by atoms with Gasteiger partial charge in [0.1, 0.15) is 17.7 Å². The predicted molar refractivity (Wildman–Crippen MR) is 142 cm³/mol. The Labute approximate surface area is 222 Å². The SMILES string of the molecule is C1CC2CC1O2.COC(OCC(C)c1nc2c([nH]1)c(=N)ncn2C(OC)c1ccccc1)c1ccccc1. The van der Waals surface area contributed by atoms with Crippen molar-refractivity contribution >= 4 is 11.2 Å². The Balaban J connectivity index is 0.000000424. The molecule has 2 N–H and O–H groups in total. The van der Waals surface area contributed by atoms with E-state index in [1.807, 2.05) is 72.2 Å². The molecule has 9 nitrogen and oxygen atoms in total. The quantitative estimate of drug-likeness (QED) is 0.308. The van der Waals surface area contributed by atoms with E-state index in [-0.39, 0.29) is 11.4 Å². The number of rotatable bonds is 9. The lowest BCUT2D eigenvalue weighted by molar-refractivity contribution is -0.131. The van der Waals surface area contributed by atoms with Gasteiger partial charge in [-0.15, -0.1) is 0 Å². The summed E-state index contributed by atoms with van der Waals surface area (Å²) >= 11 is 0. The van der Waals surface area contributed by atoms with Gasteiger partial charge in [0.25, 0.3) is 0 Å². The van der Waals surface area contributed by atoms with E-state index in [0.717, 1.165) is 11.1 Å². The van der Waals surface area contributed by atoms with Crippen LogP contribution in [0.4, 0.5) is 0 Å². The van der Waals surface area contributed by atoms with Gasteiger partial charge in [0.2, 0.25) is 0 Å². The Hall–Kier alpha value is -3.37. The van der Waals surface area contributed by atoms with Gasteiger partial charge in [-0.3, -0.25) is 9.98 Å². The first-order valence-corrected chi connectivity index (χ1v) is 13.0. The number of aromatic amines is 1. The molecule has 2 aromatic heterocycles. The van der Waals surface area contributed by atoms with Crippen LogP contribution in [0, 0.1) is 5.41 Å². The molecule has 9 heteroatoms. The van der Waals surface area contributed by atoms with Gasteiger partial charge in [-0.25, -0.2) is 9.97 Å². The summed E-state index contributed by atoms with van der Waals surface area (Å²) in [5, 5.41) is 8.24. The van der Waals surface area contributed by atoms with E-state index >= 15 is 0 Å². The van der Waals surface area contributed by atoms with Crippen LogP contribution in [-0.2, 0) is 18.9 Å². The Morgan fingerprint density at radius 2 is 1.63 bits per heavy atom. The number of fused-ring (bicyclic) bond motifs is 2. The molecule has 3 aliphatic rings. The highest BCUT2D eigenvalue weighted by atomic mass is 16.7. The van der Waals surface area contributed by atoms with Crippen molar-refractivity contribution in [2.45, 2.75) is 56.8 Å². The van der Waals surface area contributed by atoms with Crippen LogP contribution >= 0.6 is 0 Å². The van der Waals surface area contributed by atoms with Crippen molar-refractivity contribution in [2.24, 2.45) is 0 Å². The average Bonchev–Trinajstić information content (AvgIpc) is 3.70. The molecule has 200 valence electrons. The van der Waals surface area contributed by atoms with E-state index in [0.29, 0.717) is 35.8 Å². The molecule has 2 saturated heterocycles. The molecule has 4 heterocycles. The molecule has 3 fully saturated rings. The third kappa shape index (κ3) is 5.71. The van der Waals surface area contributed by atoms with Crippen molar-refractivity contribution in [1.82, 2.24) is 19.5 Å². The Morgan fingerprint density at radius 3 is 2.18 bits per heavy atom. The Kier molecular flexibility index (Phi) is 8.29. The summed E-state index contributed by atoms with van der Waals surface area (Å²) in [5.41, 5.74) is 3.21. The molecular formula is C29H35N5O4. The van der Waals surface area contributed by atoms with Gasteiger partial charge >= 0.3 is 0 Å². The summed E-state index contributed by atoms with van der Waals surface area (Å²) in [4.78, 5) is 12.3. The Bertz CT molecular complexity index is 1350. The van der Waals surface area contributed by atoms with E-state index in [1.54, 1.807) is 20.5 Å². The zero-order chi connectivity index (χ0) is 26.5. The lowest BCUT2D eigenvalue weighted by Crippen LogP contribution is -2.25. The van der Waals surface area contributed by atoms with Crippen molar-refractivity contribution in [1.29, 1.82) is 5.41 Å². The molecular weight excluding hydrogens is 482 g/mol. The minimum Gasteiger partial charge on any atom is -0.375 e. The molecule has 0 spiro atoms. The van der Waals surface area contributed by atoms with Gasteiger partial charge in [-0.2, -0.15) is 0 Å². The number of nitrogens with zero attached hydrogens (tertiary/aromatic N) is 3. The van der Waals surface area contributed by atoms with Crippen LogP contribution in [0.5, 0.6) is 0 Å². The van der Waals surface area contributed by atoms with Crippen LogP contribution in [0.15, 0.2) is 67.0 Å². The van der Waals surface area contributed by atoms with E-state index in [9.17, 15) is 0 Å². The molecule has 5 unspecified atom stereocenters. The summed E-state index contributed by atoms with van der Waals surface area (Å²) in [6, 6.07) is 19.6. The van der Waals surface area contributed by atoms with Crippen molar-refractivity contribution in [3.8, 4) is 0 Å². The second kappa shape index (κ2) is 12.0. The third-order valence-electron chi connectivity index (χ3n) is 7.03. The Morgan fingerprint density at radius 1 is 1.00 bits per heavy atom. The van der Waals surface area contributed by atoms with Crippen molar-refractivity contribution < 1.29 is 18.9 Å². The first-order valence-electron chi connectivity index (χ1n) is 13.0. The molecule has 38 heavy (non-hydrogen) atoms. The summed E-state index contributed by atoms with van der Waals surface area (Å²) in [5.74, 6) is 0.649. The largest absolute Gasteiger partial charge is 0.375 e. The number of nitrogens with one attached hydrogen (secondary N) is 2. The minimum absolute atomic E-state index is 0.0608. The second-order valence-corrected chi connectivity index (χ2v) is 9.73. The number of aromatic nitrogens is 4. The molecule has 0 amide bonds. The first-order chi connectivity index (χ1) is 18.6. The fourth-order valence-electron chi connectivity index (χ4n) is 4.93. The molecule has 0 radical (unpaired) electrons. The van der Waals surface area contributed by atoms with Gasteiger partial charge in [-0.1, -0.05) is 67.6 Å². The van der Waals surface area contributed by atoms with Crippen molar-refractivity contribution in [2.75, 3.05) is 20.8 Å². The molecule has 4 aromatic rings. The van der Waals surface area contributed by atoms with Gasteiger partial charge in [0.15, 0.2) is 23.7 Å². The van der Waals surface area contributed by atoms with Crippen LogP contribution < -0.4 is 5.49 Å². The summed E-state index contributed by atoms with van der Waals surface area (Å²) in [7, 11) is 3.27. The van der Waals surface area contributed by atoms with Crippen molar-refractivity contribution in [3.63, 3.8) is 0 Å². The van der Waals surface area contributed by atoms with Crippen molar-refractivity contribution in [3.05, 3.63) is 89.4 Å². The monoisotopic (exact) mass is 517 g/mol. The fraction of sp³-hybridized carbons (Fsp3) is 0.414. The lowest BCUT2D eigenvalue weighted by atomic mass is 10.2.